The number of hydrogen-bond acceptors (Lipinski definition) is 2. The van der Waals surface area contributed by atoms with Crippen LogP contribution in [-0.2, 0) is 5.41 Å². The summed E-state index contributed by atoms with van der Waals surface area (Å²) in [6.07, 6.45) is 6.18. The third-order valence-electron chi connectivity index (χ3n) is 5.18. The number of benzene rings is 2. The van der Waals surface area contributed by atoms with E-state index in [-0.39, 0.29) is 11.3 Å². The Labute approximate surface area is 153 Å². The van der Waals surface area contributed by atoms with Gasteiger partial charge in [0, 0.05) is 35.6 Å². The molecule has 0 unspecified atom stereocenters. The van der Waals surface area contributed by atoms with Gasteiger partial charge < -0.3 is 14.6 Å². The lowest BCUT2D eigenvalue weighted by Gasteiger charge is -2.17. The first-order chi connectivity index (χ1) is 12.7. The van der Waals surface area contributed by atoms with Crippen molar-refractivity contribution in [1.29, 1.82) is 0 Å². The smallest absolute Gasteiger partial charge is 0.251 e. The highest BCUT2D eigenvalue weighted by Crippen LogP contribution is 2.47. The highest BCUT2D eigenvalue weighted by molar-refractivity contribution is 5.94. The lowest BCUT2D eigenvalue weighted by molar-refractivity contribution is 0.0949. The Balaban J connectivity index is 1.40. The van der Waals surface area contributed by atoms with Gasteiger partial charge in [-0.05, 0) is 66.9 Å². The van der Waals surface area contributed by atoms with Crippen molar-refractivity contribution >= 4 is 5.91 Å². The van der Waals surface area contributed by atoms with Crippen LogP contribution in [0.25, 0.3) is 5.69 Å². The molecule has 4 heteroatoms. The maximum Gasteiger partial charge on any atom is 0.251 e. The second-order valence-electron chi connectivity index (χ2n) is 6.83. The van der Waals surface area contributed by atoms with Crippen molar-refractivity contribution in [1.82, 2.24) is 9.88 Å². The van der Waals surface area contributed by atoms with Crippen molar-refractivity contribution in [3.8, 4) is 11.4 Å². The molecule has 0 bridgehead atoms. The van der Waals surface area contributed by atoms with Crippen LogP contribution in [0.2, 0.25) is 0 Å². The third-order valence-corrected chi connectivity index (χ3v) is 5.18. The van der Waals surface area contributed by atoms with Crippen LogP contribution < -0.4 is 10.1 Å². The van der Waals surface area contributed by atoms with Gasteiger partial charge in [0.05, 0.1) is 7.11 Å². The molecule has 1 heterocycles. The van der Waals surface area contributed by atoms with Gasteiger partial charge in [-0.25, -0.2) is 0 Å². The van der Waals surface area contributed by atoms with Gasteiger partial charge in [-0.1, -0.05) is 12.1 Å². The Kier molecular flexibility index (Phi) is 4.25. The summed E-state index contributed by atoms with van der Waals surface area (Å²) in [5.74, 6) is 0.834. The molecule has 1 N–H and O–H groups in total. The summed E-state index contributed by atoms with van der Waals surface area (Å²) in [5.41, 5.74) is 3.07. The Morgan fingerprint density at radius 3 is 2.27 bits per heavy atom. The minimum atomic E-state index is -0.0242. The maximum absolute atomic E-state index is 12.5. The van der Waals surface area contributed by atoms with Gasteiger partial charge in [0.2, 0.25) is 0 Å². The molecular weight excluding hydrogens is 324 g/mol. The van der Waals surface area contributed by atoms with E-state index >= 15 is 0 Å². The summed E-state index contributed by atoms with van der Waals surface area (Å²) in [7, 11) is 1.67. The average Bonchev–Trinajstić information content (AvgIpc) is 3.29. The molecule has 132 valence electrons. The molecule has 1 aromatic heterocycles. The first-order valence-electron chi connectivity index (χ1n) is 8.86. The highest BCUT2D eigenvalue weighted by atomic mass is 16.5. The van der Waals surface area contributed by atoms with E-state index in [1.54, 1.807) is 7.11 Å². The Hall–Kier alpha value is -3.01. The molecule has 0 atom stereocenters. The van der Waals surface area contributed by atoms with Crippen LogP contribution in [0.4, 0.5) is 0 Å². The van der Waals surface area contributed by atoms with Crippen molar-refractivity contribution in [2.75, 3.05) is 13.7 Å². The van der Waals surface area contributed by atoms with Crippen LogP contribution in [0.1, 0.15) is 28.8 Å². The molecule has 2 aromatic carbocycles. The minimum absolute atomic E-state index is 0.0242. The Bertz CT molecular complexity index is 877. The maximum atomic E-state index is 12.5. The van der Waals surface area contributed by atoms with E-state index in [1.807, 2.05) is 65.5 Å². The number of amides is 1. The fraction of sp³-hybridized carbons (Fsp3) is 0.227. The predicted octanol–water partition coefficient (Wildman–Crippen LogP) is 3.95. The third kappa shape index (κ3) is 3.23. The number of carbonyl (C=O) groups is 1. The summed E-state index contributed by atoms with van der Waals surface area (Å²) >= 11 is 0. The number of rotatable bonds is 6. The Morgan fingerprint density at radius 2 is 1.69 bits per heavy atom. The van der Waals surface area contributed by atoms with Gasteiger partial charge in [-0.3, -0.25) is 4.79 Å². The van der Waals surface area contributed by atoms with Crippen LogP contribution >= 0.6 is 0 Å². The standard InChI is InChI=1S/C22H22N2O2/c1-26-20-10-6-18(7-11-20)22(12-13-22)16-23-21(25)17-4-8-19(9-5-17)24-14-2-3-15-24/h2-11,14-15H,12-13,16H2,1H3,(H,23,25). The van der Waals surface area contributed by atoms with E-state index in [4.69, 9.17) is 4.74 Å². The van der Waals surface area contributed by atoms with Gasteiger partial charge in [0.1, 0.15) is 5.75 Å². The normalized spacial score (nSPS) is 14.7. The molecule has 4 rings (SSSR count). The van der Waals surface area contributed by atoms with Gasteiger partial charge >= 0.3 is 0 Å². The van der Waals surface area contributed by atoms with Crippen molar-refractivity contribution in [2.24, 2.45) is 0 Å². The summed E-state index contributed by atoms with van der Waals surface area (Å²) in [4.78, 5) is 12.5. The SMILES string of the molecule is COc1ccc(C2(CNC(=O)c3ccc(-n4cccc4)cc3)CC2)cc1. The molecule has 0 radical (unpaired) electrons. The van der Waals surface area contributed by atoms with Crippen molar-refractivity contribution < 1.29 is 9.53 Å². The van der Waals surface area contributed by atoms with E-state index < -0.39 is 0 Å². The van der Waals surface area contributed by atoms with E-state index in [2.05, 4.69) is 17.4 Å². The van der Waals surface area contributed by atoms with E-state index in [0.717, 1.165) is 24.3 Å². The fourth-order valence-electron chi connectivity index (χ4n) is 3.31. The molecular formula is C22H22N2O2. The summed E-state index contributed by atoms with van der Waals surface area (Å²) in [5, 5.41) is 3.11. The largest absolute Gasteiger partial charge is 0.497 e. The van der Waals surface area contributed by atoms with Crippen molar-refractivity contribution in [3.63, 3.8) is 0 Å². The number of nitrogens with one attached hydrogen (secondary N) is 1. The van der Waals surface area contributed by atoms with Gasteiger partial charge in [-0.15, -0.1) is 0 Å². The number of aromatic nitrogens is 1. The Morgan fingerprint density at radius 1 is 1.04 bits per heavy atom. The van der Waals surface area contributed by atoms with Gasteiger partial charge in [0.15, 0.2) is 0 Å². The first kappa shape index (κ1) is 16.5. The summed E-state index contributed by atoms with van der Waals surface area (Å²) in [6.45, 7) is 0.664. The zero-order valence-electron chi connectivity index (χ0n) is 14.8. The fourth-order valence-corrected chi connectivity index (χ4v) is 3.31. The first-order valence-corrected chi connectivity index (χ1v) is 8.86. The monoisotopic (exact) mass is 346 g/mol. The average molecular weight is 346 g/mol. The second-order valence-corrected chi connectivity index (χ2v) is 6.83. The molecule has 3 aromatic rings. The molecule has 0 spiro atoms. The molecule has 1 fully saturated rings. The molecule has 1 aliphatic carbocycles. The molecule has 1 aliphatic rings. The zero-order valence-corrected chi connectivity index (χ0v) is 14.8. The molecule has 1 amide bonds. The van der Waals surface area contributed by atoms with Crippen molar-refractivity contribution in [2.45, 2.75) is 18.3 Å². The second kappa shape index (κ2) is 6.71. The molecule has 1 saturated carbocycles. The van der Waals surface area contributed by atoms with E-state index in [9.17, 15) is 4.79 Å². The summed E-state index contributed by atoms with van der Waals surface area (Å²) < 4.78 is 7.24. The molecule has 0 saturated heterocycles. The lowest BCUT2D eigenvalue weighted by atomic mass is 9.95. The van der Waals surface area contributed by atoms with Crippen LogP contribution in [0.3, 0.4) is 0 Å². The number of nitrogens with zero attached hydrogens (tertiary/aromatic N) is 1. The minimum Gasteiger partial charge on any atom is -0.497 e. The summed E-state index contributed by atoms with van der Waals surface area (Å²) in [6, 6.07) is 19.8. The number of hydrogen-bond donors (Lipinski definition) is 1. The van der Waals surface area contributed by atoms with E-state index in [0.29, 0.717) is 12.1 Å². The van der Waals surface area contributed by atoms with Crippen molar-refractivity contribution in [3.05, 3.63) is 84.2 Å². The topological polar surface area (TPSA) is 43.3 Å². The van der Waals surface area contributed by atoms with Crippen LogP contribution in [0, 0.1) is 0 Å². The van der Waals surface area contributed by atoms with Crippen LogP contribution in [0.15, 0.2) is 73.1 Å². The number of carbonyl (C=O) groups excluding carboxylic acids is 1. The molecule has 0 aliphatic heterocycles. The quantitative estimate of drug-likeness (QED) is 0.734. The lowest BCUT2D eigenvalue weighted by Crippen LogP contribution is -2.32. The van der Waals surface area contributed by atoms with Crippen LogP contribution in [0.5, 0.6) is 5.75 Å². The molecule has 26 heavy (non-hydrogen) atoms. The van der Waals surface area contributed by atoms with Crippen LogP contribution in [-0.4, -0.2) is 24.1 Å². The van der Waals surface area contributed by atoms with Gasteiger partial charge in [-0.2, -0.15) is 0 Å². The number of ether oxygens (including phenoxy) is 1. The van der Waals surface area contributed by atoms with E-state index in [1.165, 1.54) is 5.56 Å². The zero-order chi connectivity index (χ0) is 18.0. The van der Waals surface area contributed by atoms with Gasteiger partial charge in [0.25, 0.3) is 5.91 Å². The number of methoxy groups -OCH3 is 1. The molecule has 4 nitrogen and oxygen atoms in total. The highest BCUT2D eigenvalue weighted by Gasteiger charge is 2.44. The predicted molar refractivity (Wildman–Crippen MR) is 102 cm³/mol.